The average molecular weight is 1010 g/mol. The lowest BCUT2D eigenvalue weighted by atomic mass is 10.0. The Morgan fingerprint density at radius 2 is 0.694 bits per heavy atom. The van der Waals surface area contributed by atoms with Crippen LogP contribution in [0.2, 0.25) is 0 Å². The minimum absolute atomic E-state index is 0.0125. The molecule has 1 amide bonds. The summed E-state index contributed by atoms with van der Waals surface area (Å²) in [5.41, 5.74) is 0. The average Bonchev–Trinajstić information content (AvgIpc) is 3.38. The number of rotatable bonds is 60. The molecule has 0 saturated heterocycles. The highest BCUT2D eigenvalue weighted by molar-refractivity contribution is 5.76. The minimum atomic E-state index is -0.843. The molecule has 0 aromatic carbocycles. The van der Waals surface area contributed by atoms with E-state index in [1.54, 1.807) is 6.08 Å². The third kappa shape index (κ3) is 57.4. The fraction of sp³-hybridized carbons (Fsp3) is 0.879. The van der Waals surface area contributed by atoms with Crippen molar-refractivity contribution in [2.45, 2.75) is 360 Å². The molecule has 0 aromatic heterocycles. The smallest absolute Gasteiger partial charge is 0.305 e. The van der Waals surface area contributed by atoms with Crippen LogP contribution < -0.4 is 5.32 Å². The van der Waals surface area contributed by atoms with Crippen LogP contribution in [0.5, 0.6) is 0 Å². The third-order valence-corrected chi connectivity index (χ3v) is 14.9. The minimum Gasteiger partial charge on any atom is -0.466 e. The van der Waals surface area contributed by atoms with E-state index in [4.69, 9.17) is 4.74 Å². The molecule has 0 fully saturated rings. The Balaban J connectivity index is 3.40. The fourth-order valence-electron chi connectivity index (χ4n) is 9.96. The Hall–Kier alpha value is -1.92. The van der Waals surface area contributed by atoms with E-state index in [1.165, 1.54) is 276 Å². The Morgan fingerprint density at radius 1 is 0.389 bits per heavy atom. The van der Waals surface area contributed by atoms with E-state index in [1.807, 2.05) is 6.08 Å². The molecule has 2 atom stereocenters. The summed E-state index contributed by atoms with van der Waals surface area (Å²) < 4.78 is 5.47. The van der Waals surface area contributed by atoms with Crippen molar-refractivity contribution < 1.29 is 24.5 Å². The number of carbonyl (C=O) groups is 2. The van der Waals surface area contributed by atoms with Crippen LogP contribution in [0.4, 0.5) is 0 Å². The number of carbonyl (C=O) groups excluding carboxylic acids is 2. The van der Waals surface area contributed by atoms with E-state index in [0.717, 1.165) is 44.9 Å². The van der Waals surface area contributed by atoms with E-state index in [2.05, 4.69) is 43.5 Å². The second kappa shape index (κ2) is 61.6. The second-order valence-corrected chi connectivity index (χ2v) is 22.1. The molecule has 0 spiro atoms. The van der Waals surface area contributed by atoms with Crippen molar-refractivity contribution in [3.63, 3.8) is 0 Å². The van der Waals surface area contributed by atoms with Gasteiger partial charge in [0.15, 0.2) is 0 Å². The highest BCUT2D eigenvalue weighted by atomic mass is 16.5. The zero-order chi connectivity index (χ0) is 52.2. The van der Waals surface area contributed by atoms with E-state index in [9.17, 15) is 19.8 Å². The molecule has 2 unspecified atom stereocenters. The first-order valence-electron chi connectivity index (χ1n) is 32.3. The molecule has 0 rings (SSSR count). The monoisotopic (exact) mass is 1010 g/mol. The van der Waals surface area contributed by atoms with Gasteiger partial charge in [-0.05, 0) is 64.2 Å². The van der Waals surface area contributed by atoms with Gasteiger partial charge in [0.1, 0.15) is 0 Å². The van der Waals surface area contributed by atoms with Crippen molar-refractivity contribution in [2.75, 3.05) is 13.2 Å². The van der Waals surface area contributed by atoms with E-state index < -0.39 is 12.1 Å². The molecule has 6 nitrogen and oxygen atoms in total. The van der Waals surface area contributed by atoms with Crippen LogP contribution in [0, 0.1) is 0 Å². The van der Waals surface area contributed by atoms with Crippen molar-refractivity contribution in [1.82, 2.24) is 5.32 Å². The molecule has 3 N–H and O–H groups in total. The molecule has 0 radical (unpaired) electrons. The van der Waals surface area contributed by atoms with Gasteiger partial charge in [0.05, 0.1) is 25.4 Å². The van der Waals surface area contributed by atoms with Gasteiger partial charge in [-0.1, -0.05) is 307 Å². The number of unbranched alkanes of at least 4 members (excludes halogenated alkanes) is 45. The van der Waals surface area contributed by atoms with Crippen LogP contribution in [0.25, 0.3) is 0 Å². The Bertz CT molecular complexity index is 1170. The van der Waals surface area contributed by atoms with Crippen LogP contribution in [-0.4, -0.2) is 47.4 Å². The number of hydrogen-bond donors (Lipinski definition) is 3. The first-order chi connectivity index (χ1) is 35.5. The van der Waals surface area contributed by atoms with E-state index >= 15 is 0 Å². The van der Waals surface area contributed by atoms with Gasteiger partial charge >= 0.3 is 5.97 Å². The molecule has 0 aliphatic carbocycles. The first kappa shape index (κ1) is 70.1. The lowest BCUT2D eigenvalue weighted by Gasteiger charge is -2.20. The Morgan fingerprint density at radius 3 is 1.06 bits per heavy atom. The van der Waals surface area contributed by atoms with E-state index in [0.29, 0.717) is 19.4 Å². The van der Waals surface area contributed by atoms with Crippen molar-refractivity contribution >= 4 is 11.9 Å². The maximum atomic E-state index is 12.5. The highest BCUT2D eigenvalue weighted by Gasteiger charge is 2.18. The summed E-state index contributed by atoms with van der Waals surface area (Å²) in [4.78, 5) is 24.4. The second-order valence-electron chi connectivity index (χ2n) is 22.1. The predicted molar refractivity (Wildman–Crippen MR) is 315 cm³/mol. The van der Waals surface area contributed by atoms with Gasteiger partial charge < -0.3 is 20.3 Å². The van der Waals surface area contributed by atoms with E-state index in [-0.39, 0.29) is 18.5 Å². The number of aliphatic hydroxyl groups is 2. The lowest BCUT2D eigenvalue weighted by molar-refractivity contribution is -0.143. The normalized spacial score (nSPS) is 12.8. The van der Waals surface area contributed by atoms with Crippen LogP contribution >= 0.6 is 0 Å². The first-order valence-corrected chi connectivity index (χ1v) is 32.3. The highest BCUT2D eigenvalue weighted by Crippen LogP contribution is 2.17. The van der Waals surface area contributed by atoms with Gasteiger partial charge in [0, 0.05) is 12.8 Å². The largest absolute Gasteiger partial charge is 0.466 e. The zero-order valence-corrected chi connectivity index (χ0v) is 48.4. The standard InChI is InChI=1S/C66H125NO5/c1-3-5-7-9-11-13-15-35-39-42-46-50-54-58-64(69)63(62-68)67-65(70)59-55-51-47-43-40-36-33-31-29-27-25-23-21-19-17-16-18-20-22-24-26-28-30-32-34-37-41-45-49-53-57-61-72-66(71)60-56-52-48-44-38-14-12-10-8-6-4-2/h18,20,24,26,54,58,63-64,68-69H,3-17,19,21-23,25,27-53,55-57,59-62H2,1-2H3,(H,67,70)/b20-18-,26-24-,58-54+. The molecule has 424 valence electrons. The van der Waals surface area contributed by atoms with Gasteiger partial charge in [-0.2, -0.15) is 0 Å². The van der Waals surface area contributed by atoms with Crippen LogP contribution in [-0.2, 0) is 14.3 Å². The number of esters is 1. The fourth-order valence-corrected chi connectivity index (χ4v) is 9.96. The van der Waals surface area contributed by atoms with Crippen molar-refractivity contribution in [1.29, 1.82) is 0 Å². The molecular formula is C66H125NO5. The molecule has 0 bridgehead atoms. The summed E-state index contributed by atoms with van der Waals surface area (Å²) in [5, 5.41) is 23.1. The molecule has 6 heteroatoms. The number of hydrogen-bond acceptors (Lipinski definition) is 5. The SMILES string of the molecule is CCCCCCCCCCCCC/C=C/C(O)C(CO)NC(=O)CCCCCCCCCCCCCCCCC/C=C\C/C=C\CCCCCCCCCCCOC(=O)CCCCCCCCCCCCC. The molecule has 0 saturated carbocycles. The van der Waals surface area contributed by atoms with Crippen LogP contribution in [0.1, 0.15) is 348 Å². The number of aliphatic hydroxyl groups excluding tert-OH is 2. The van der Waals surface area contributed by atoms with Crippen molar-refractivity contribution in [2.24, 2.45) is 0 Å². The summed E-state index contributed by atoms with van der Waals surface area (Å²) in [6.45, 7) is 4.91. The molecule has 72 heavy (non-hydrogen) atoms. The predicted octanol–water partition coefficient (Wildman–Crippen LogP) is 20.4. The van der Waals surface area contributed by atoms with Gasteiger partial charge in [0.25, 0.3) is 0 Å². The van der Waals surface area contributed by atoms with Gasteiger partial charge in [-0.3, -0.25) is 9.59 Å². The Labute approximate surface area is 449 Å². The molecular weight excluding hydrogens is 887 g/mol. The van der Waals surface area contributed by atoms with Crippen molar-refractivity contribution in [3.05, 3.63) is 36.5 Å². The molecule has 0 heterocycles. The summed E-state index contributed by atoms with van der Waals surface area (Å²) in [6, 6.07) is -0.626. The molecule has 0 aromatic rings. The van der Waals surface area contributed by atoms with Crippen molar-refractivity contribution in [3.8, 4) is 0 Å². The van der Waals surface area contributed by atoms with Gasteiger partial charge in [-0.15, -0.1) is 0 Å². The zero-order valence-electron chi connectivity index (χ0n) is 48.4. The maximum Gasteiger partial charge on any atom is 0.305 e. The lowest BCUT2D eigenvalue weighted by Crippen LogP contribution is -2.45. The number of ether oxygens (including phenoxy) is 1. The maximum absolute atomic E-state index is 12.5. The quantitative estimate of drug-likeness (QED) is 0.0320. The molecule has 0 aliphatic rings. The Kier molecular flexibility index (Phi) is 60.0. The topological polar surface area (TPSA) is 95.9 Å². The van der Waals surface area contributed by atoms with Crippen LogP contribution in [0.15, 0.2) is 36.5 Å². The number of allylic oxidation sites excluding steroid dienone is 5. The summed E-state index contributed by atoms with van der Waals surface area (Å²) in [6.07, 6.45) is 77.8. The third-order valence-electron chi connectivity index (χ3n) is 14.9. The van der Waals surface area contributed by atoms with Gasteiger partial charge in [-0.25, -0.2) is 0 Å². The molecule has 0 aliphatic heterocycles. The summed E-state index contributed by atoms with van der Waals surface area (Å²) in [7, 11) is 0. The number of amides is 1. The van der Waals surface area contributed by atoms with Gasteiger partial charge in [0.2, 0.25) is 5.91 Å². The summed E-state index contributed by atoms with van der Waals surface area (Å²) in [5.74, 6) is -0.0541. The van der Waals surface area contributed by atoms with Crippen LogP contribution in [0.3, 0.4) is 0 Å². The summed E-state index contributed by atoms with van der Waals surface area (Å²) >= 11 is 0. The number of nitrogens with one attached hydrogen (secondary N) is 1.